The van der Waals surface area contributed by atoms with E-state index in [0.717, 1.165) is 18.6 Å². The smallest absolute Gasteiger partial charge is 0.319 e. The van der Waals surface area contributed by atoms with Crippen molar-refractivity contribution in [3.05, 3.63) is 0 Å². The van der Waals surface area contributed by atoms with Gasteiger partial charge in [-0.25, -0.2) is 0 Å². The van der Waals surface area contributed by atoms with E-state index in [0.29, 0.717) is 17.8 Å². The molecule has 18 heavy (non-hydrogen) atoms. The summed E-state index contributed by atoms with van der Waals surface area (Å²) in [6.07, 6.45) is 5.91. The van der Waals surface area contributed by atoms with Crippen LogP contribution in [0.15, 0.2) is 0 Å². The Labute approximate surface area is 115 Å². The molecule has 0 aromatic heterocycles. The van der Waals surface area contributed by atoms with Crippen LogP contribution in [0.1, 0.15) is 52.9 Å². The molecule has 1 aliphatic heterocycles. The summed E-state index contributed by atoms with van der Waals surface area (Å²) in [6.45, 7) is 6.79. The van der Waals surface area contributed by atoms with E-state index >= 15 is 0 Å². The van der Waals surface area contributed by atoms with Crippen LogP contribution in [0.4, 0.5) is 0 Å². The normalized spacial score (nSPS) is 36.9. The lowest BCUT2D eigenvalue weighted by Gasteiger charge is -2.37. The second-order valence-electron chi connectivity index (χ2n) is 6.30. The Kier molecular flexibility index (Phi) is 4.99. The van der Waals surface area contributed by atoms with Gasteiger partial charge in [-0.3, -0.25) is 4.79 Å². The molecule has 0 aromatic carbocycles. The molecule has 2 rings (SSSR count). The lowest BCUT2D eigenvalue weighted by atomic mass is 9.75. The lowest BCUT2D eigenvalue weighted by Crippen LogP contribution is -2.37. The van der Waals surface area contributed by atoms with Crippen molar-refractivity contribution in [3.63, 3.8) is 0 Å². The minimum absolute atomic E-state index is 0.0576. The average molecular weight is 270 g/mol. The van der Waals surface area contributed by atoms with Gasteiger partial charge < -0.3 is 4.74 Å². The summed E-state index contributed by atoms with van der Waals surface area (Å²) >= 11 is 1.77. The van der Waals surface area contributed by atoms with Crippen molar-refractivity contribution in [2.24, 2.45) is 17.8 Å². The fourth-order valence-electron chi connectivity index (χ4n) is 3.24. The molecule has 1 saturated heterocycles. The molecular formula is C15H26O2S. The van der Waals surface area contributed by atoms with Crippen LogP contribution in [0.2, 0.25) is 0 Å². The van der Waals surface area contributed by atoms with E-state index in [-0.39, 0.29) is 17.3 Å². The van der Waals surface area contributed by atoms with Crippen LogP contribution in [-0.4, -0.2) is 23.1 Å². The van der Waals surface area contributed by atoms with Crippen molar-refractivity contribution in [3.8, 4) is 0 Å². The molecule has 1 saturated carbocycles. The molecule has 0 aromatic rings. The van der Waals surface area contributed by atoms with E-state index in [1.807, 2.05) is 0 Å². The summed E-state index contributed by atoms with van der Waals surface area (Å²) < 4.78 is 5.86. The number of thioether (sulfide) groups is 1. The van der Waals surface area contributed by atoms with Crippen LogP contribution >= 0.6 is 11.8 Å². The molecule has 1 heterocycles. The second kappa shape index (κ2) is 6.31. The second-order valence-corrected chi connectivity index (χ2v) is 7.61. The monoisotopic (exact) mass is 270 g/mol. The van der Waals surface area contributed by atoms with Crippen LogP contribution in [-0.2, 0) is 9.53 Å². The number of carbonyl (C=O) groups excluding carboxylic acids is 1. The Balaban J connectivity index is 1.93. The van der Waals surface area contributed by atoms with E-state index in [1.54, 1.807) is 11.8 Å². The third kappa shape index (κ3) is 3.43. The van der Waals surface area contributed by atoms with Gasteiger partial charge in [0.15, 0.2) is 0 Å². The number of ether oxygens (including phenoxy) is 1. The Hall–Kier alpha value is -0.180. The predicted octanol–water partition coefficient (Wildman–Crippen LogP) is 3.89. The van der Waals surface area contributed by atoms with Crippen LogP contribution in [0.5, 0.6) is 0 Å². The SMILES string of the molecule is CC(C)[C@@H]1CC[C@@H](C)C[C@H]1OC(=O)C1CCCS1. The van der Waals surface area contributed by atoms with E-state index in [4.69, 9.17) is 4.74 Å². The number of rotatable bonds is 3. The van der Waals surface area contributed by atoms with Gasteiger partial charge in [0.05, 0.1) is 0 Å². The summed E-state index contributed by atoms with van der Waals surface area (Å²) in [6, 6.07) is 0. The van der Waals surface area contributed by atoms with Gasteiger partial charge in [-0.1, -0.05) is 27.2 Å². The molecule has 0 amide bonds. The van der Waals surface area contributed by atoms with Crippen LogP contribution in [0.25, 0.3) is 0 Å². The van der Waals surface area contributed by atoms with Crippen LogP contribution < -0.4 is 0 Å². The maximum Gasteiger partial charge on any atom is 0.319 e. The number of carbonyl (C=O) groups is 1. The van der Waals surface area contributed by atoms with Gasteiger partial charge in [-0.15, -0.1) is 11.8 Å². The molecule has 0 bridgehead atoms. The van der Waals surface area contributed by atoms with Crippen molar-refractivity contribution in [1.29, 1.82) is 0 Å². The van der Waals surface area contributed by atoms with Gasteiger partial charge >= 0.3 is 5.97 Å². The number of hydrogen-bond acceptors (Lipinski definition) is 3. The summed E-state index contributed by atoms with van der Waals surface area (Å²) in [4.78, 5) is 12.1. The first-order valence-electron chi connectivity index (χ1n) is 7.40. The van der Waals surface area contributed by atoms with Crippen LogP contribution in [0.3, 0.4) is 0 Å². The number of hydrogen-bond donors (Lipinski definition) is 0. The van der Waals surface area contributed by atoms with Crippen molar-refractivity contribution in [1.82, 2.24) is 0 Å². The van der Waals surface area contributed by atoms with E-state index in [2.05, 4.69) is 20.8 Å². The third-order valence-electron chi connectivity index (χ3n) is 4.42. The summed E-state index contributed by atoms with van der Waals surface area (Å²) in [7, 11) is 0. The van der Waals surface area contributed by atoms with Crippen molar-refractivity contribution < 1.29 is 9.53 Å². The quantitative estimate of drug-likeness (QED) is 0.728. The van der Waals surface area contributed by atoms with Crippen molar-refractivity contribution >= 4 is 17.7 Å². The molecule has 3 heteroatoms. The summed E-state index contributed by atoms with van der Waals surface area (Å²) in [5, 5.41) is 0.120. The molecular weight excluding hydrogens is 244 g/mol. The Morgan fingerprint density at radius 3 is 2.67 bits per heavy atom. The maximum atomic E-state index is 12.1. The largest absolute Gasteiger partial charge is 0.461 e. The maximum absolute atomic E-state index is 12.1. The van der Waals surface area contributed by atoms with Crippen LogP contribution in [0, 0.1) is 17.8 Å². The summed E-state index contributed by atoms with van der Waals surface area (Å²) in [5.74, 6) is 3.06. The van der Waals surface area contributed by atoms with Crippen molar-refractivity contribution in [2.75, 3.05) is 5.75 Å². The zero-order chi connectivity index (χ0) is 13.1. The Bertz CT molecular complexity index is 284. The molecule has 0 spiro atoms. The zero-order valence-electron chi connectivity index (χ0n) is 11.9. The van der Waals surface area contributed by atoms with Gasteiger partial charge in [0.1, 0.15) is 11.4 Å². The fourth-order valence-corrected chi connectivity index (χ4v) is 4.38. The number of esters is 1. The topological polar surface area (TPSA) is 26.3 Å². The van der Waals surface area contributed by atoms with Gasteiger partial charge in [0.2, 0.25) is 0 Å². The molecule has 0 radical (unpaired) electrons. The first kappa shape index (κ1) is 14.2. The highest BCUT2D eigenvalue weighted by Gasteiger charge is 2.35. The van der Waals surface area contributed by atoms with Crippen molar-refractivity contribution in [2.45, 2.75) is 64.2 Å². The molecule has 1 unspecified atom stereocenters. The molecule has 0 N–H and O–H groups in total. The molecule has 2 aliphatic rings. The zero-order valence-corrected chi connectivity index (χ0v) is 12.7. The lowest BCUT2D eigenvalue weighted by molar-refractivity contribution is -0.155. The first-order chi connectivity index (χ1) is 8.58. The highest BCUT2D eigenvalue weighted by atomic mass is 32.2. The molecule has 1 aliphatic carbocycles. The minimum Gasteiger partial charge on any atom is -0.461 e. The van der Waals surface area contributed by atoms with E-state index in [1.165, 1.54) is 19.3 Å². The Morgan fingerprint density at radius 2 is 2.06 bits per heavy atom. The third-order valence-corrected chi connectivity index (χ3v) is 5.78. The molecule has 4 atom stereocenters. The first-order valence-corrected chi connectivity index (χ1v) is 8.45. The van der Waals surface area contributed by atoms with E-state index < -0.39 is 0 Å². The van der Waals surface area contributed by atoms with Gasteiger partial charge in [0.25, 0.3) is 0 Å². The molecule has 104 valence electrons. The predicted molar refractivity (Wildman–Crippen MR) is 76.7 cm³/mol. The van der Waals surface area contributed by atoms with Gasteiger partial charge in [0, 0.05) is 0 Å². The Morgan fingerprint density at radius 1 is 1.28 bits per heavy atom. The van der Waals surface area contributed by atoms with Gasteiger partial charge in [-0.2, -0.15) is 0 Å². The average Bonchev–Trinajstić information content (AvgIpc) is 2.81. The van der Waals surface area contributed by atoms with E-state index in [9.17, 15) is 4.79 Å². The molecule has 2 fully saturated rings. The minimum atomic E-state index is 0.0576. The molecule has 2 nitrogen and oxygen atoms in total. The highest BCUT2D eigenvalue weighted by molar-refractivity contribution is 8.00. The van der Waals surface area contributed by atoms with Gasteiger partial charge in [-0.05, 0) is 49.2 Å². The summed E-state index contributed by atoms with van der Waals surface area (Å²) in [5.41, 5.74) is 0. The fraction of sp³-hybridized carbons (Fsp3) is 0.933. The standard InChI is InChI=1S/C15H26O2S/c1-10(2)12-7-6-11(3)9-13(12)17-15(16)14-5-4-8-18-14/h10-14H,4-9H2,1-3H3/t11-,12+,13-,14?/m1/s1. The highest BCUT2D eigenvalue weighted by Crippen LogP contribution is 2.36.